The van der Waals surface area contributed by atoms with Crippen LogP contribution in [0, 0.1) is 41.5 Å². The first-order valence-corrected chi connectivity index (χ1v) is 16.2. The van der Waals surface area contributed by atoms with Crippen molar-refractivity contribution in [3.63, 3.8) is 0 Å². The van der Waals surface area contributed by atoms with Crippen LogP contribution >= 0.6 is 0 Å². The quantitative estimate of drug-likeness (QED) is 0.245. The van der Waals surface area contributed by atoms with Crippen molar-refractivity contribution in [3.8, 4) is 22.3 Å². The van der Waals surface area contributed by atoms with Crippen molar-refractivity contribution in [2.45, 2.75) is 67.5 Å². The summed E-state index contributed by atoms with van der Waals surface area (Å²) in [5.74, 6) is 0. The first kappa shape index (κ1) is 25.5. The van der Waals surface area contributed by atoms with Crippen LogP contribution in [0.5, 0.6) is 0 Å². The Morgan fingerprint density at radius 1 is 0.486 bits per heavy atom. The smallest absolute Gasteiger partial charge is 0.0672 e. The predicted octanol–water partition coefficient (Wildman–Crippen LogP) is 8.96. The molecule has 1 aliphatic rings. The molecule has 0 radical (unpaired) electrons. The van der Waals surface area contributed by atoms with Crippen molar-refractivity contribution in [2.24, 2.45) is 0 Å². The summed E-state index contributed by atoms with van der Waals surface area (Å²) in [6.45, 7) is 18.3. The van der Waals surface area contributed by atoms with Crippen LogP contribution in [0.3, 0.4) is 0 Å². The molecule has 1 aliphatic heterocycles. The first-order valence-electron chi connectivity index (χ1n) is 13.8. The van der Waals surface area contributed by atoms with Crippen molar-refractivity contribution in [1.82, 2.24) is 0 Å². The molecule has 0 aliphatic carbocycles. The average molecular weight is 501 g/mol. The maximum atomic E-state index is 2.56. The second-order valence-corrected chi connectivity index (χ2v) is 15.9. The second kappa shape index (κ2) is 9.61. The highest BCUT2D eigenvalue weighted by Gasteiger charge is 2.38. The van der Waals surface area contributed by atoms with Crippen molar-refractivity contribution < 1.29 is 0 Å². The minimum absolute atomic E-state index is 1.20. The molecule has 1 heterocycles. The van der Waals surface area contributed by atoms with Gasteiger partial charge in [0.2, 0.25) is 0 Å². The number of hydrogen-bond acceptors (Lipinski definition) is 0. The molecule has 0 N–H and O–H groups in total. The normalized spacial score (nSPS) is 13.7. The van der Waals surface area contributed by atoms with E-state index in [9.17, 15) is 0 Å². The fourth-order valence-electron chi connectivity index (χ4n) is 7.15. The highest BCUT2D eigenvalue weighted by atomic mass is 28.3. The molecule has 0 spiro atoms. The maximum Gasteiger partial charge on any atom is 0.119 e. The molecule has 0 unspecified atom stereocenters. The zero-order valence-electron chi connectivity index (χ0n) is 23.8. The summed E-state index contributed by atoms with van der Waals surface area (Å²) in [6, 6.07) is 26.3. The zero-order valence-corrected chi connectivity index (χ0v) is 24.8. The number of rotatable bonds is 4. The summed E-state index contributed by atoms with van der Waals surface area (Å²) in [7, 11) is -2.00. The Morgan fingerprint density at radius 3 is 1.16 bits per heavy atom. The lowest BCUT2D eigenvalue weighted by Gasteiger charge is -2.33. The van der Waals surface area contributed by atoms with E-state index in [1.165, 1.54) is 78.8 Å². The van der Waals surface area contributed by atoms with Crippen LogP contribution in [-0.2, 0) is 0 Å². The summed E-state index contributed by atoms with van der Waals surface area (Å²) in [5.41, 5.74) is 16.5. The SMILES string of the molecule is CC[Si]1(CC)c2cc(-c3c(C)cc(C)cc3C)ccc2C=Cc2ccc(-c3c(C)cc(C)cc3C)cc21. The summed E-state index contributed by atoms with van der Waals surface area (Å²) >= 11 is 0. The average Bonchev–Trinajstić information content (AvgIpc) is 2.97. The first-order chi connectivity index (χ1) is 17.7. The molecule has 188 valence electrons. The number of fused-ring (bicyclic) bond motifs is 2. The molecule has 4 aromatic carbocycles. The molecule has 0 nitrogen and oxygen atoms in total. The van der Waals surface area contributed by atoms with Crippen molar-refractivity contribution >= 4 is 30.6 Å². The van der Waals surface area contributed by atoms with Crippen molar-refractivity contribution in [2.75, 3.05) is 0 Å². The van der Waals surface area contributed by atoms with Gasteiger partial charge in [-0.05, 0) is 108 Å². The van der Waals surface area contributed by atoms with Crippen LogP contribution in [0.2, 0.25) is 12.1 Å². The molecule has 1 heteroatoms. The molecule has 0 saturated carbocycles. The van der Waals surface area contributed by atoms with Gasteiger partial charge in [-0.3, -0.25) is 0 Å². The number of hydrogen-bond donors (Lipinski definition) is 0. The van der Waals surface area contributed by atoms with Gasteiger partial charge in [-0.1, -0.05) is 110 Å². The van der Waals surface area contributed by atoms with Crippen molar-refractivity contribution in [1.29, 1.82) is 0 Å². The lowest BCUT2D eigenvalue weighted by atomic mass is 9.93. The van der Waals surface area contributed by atoms with E-state index in [2.05, 4.69) is 128 Å². The van der Waals surface area contributed by atoms with E-state index < -0.39 is 8.07 Å². The topological polar surface area (TPSA) is 0 Å². The van der Waals surface area contributed by atoms with E-state index in [1.807, 2.05) is 0 Å². The van der Waals surface area contributed by atoms with Gasteiger partial charge in [0.1, 0.15) is 8.07 Å². The molecule has 0 amide bonds. The van der Waals surface area contributed by atoms with E-state index in [1.54, 1.807) is 10.4 Å². The van der Waals surface area contributed by atoms with E-state index in [0.29, 0.717) is 0 Å². The highest BCUT2D eigenvalue weighted by molar-refractivity contribution is 7.03. The Bertz CT molecular complexity index is 1390. The molecule has 0 aromatic heterocycles. The lowest BCUT2D eigenvalue weighted by molar-refractivity contribution is 1.28. The fraction of sp³-hybridized carbons (Fsp3) is 0.278. The van der Waals surface area contributed by atoms with Gasteiger partial charge in [0.15, 0.2) is 0 Å². The van der Waals surface area contributed by atoms with Crippen LogP contribution < -0.4 is 10.4 Å². The third kappa shape index (κ3) is 4.24. The van der Waals surface area contributed by atoms with Gasteiger partial charge in [-0.15, -0.1) is 0 Å². The molecule has 0 saturated heterocycles. The molecular weight excluding hydrogens is 460 g/mol. The second-order valence-electron chi connectivity index (χ2n) is 11.3. The Balaban J connectivity index is 1.76. The number of aryl methyl sites for hydroxylation is 6. The fourth-order valence-corrected chi connectivity index (χ4v) is 11.8. The molecule has 0 fully saturated rings. The monoisotopic (exact) mass is 500 g/mol. The third-order valence-electron chi connectivity index (χ3n) is 8.72. The third-order valence-corrected chi connectivity index (χ3v) is 14.1. The summed E-state index contributed by atoms with van der Waals surface area (Å²) in [4.78, 5) is 0. The Hall–Kier alpha value is -3.16. The van der Waals surface area contributed by atoms with Crippen LogP contribution in [-0.4, -0.2) is 8.07 Å². The van der Waals surface area contributed by atoms with Gasteiger partial charge in [-0.2, -0.15) is 0 Å². The summed E-state index contributed by atoms with van der Waals surface area (Å²) in [5, 5.41) is 3.19. The summed E-state index contributed by atoms with van der Waals surface area (Å²) in [6.07, 6.45) is 4.74. The van der Waals surface area contributed by atoms with Gasteiger partial charge >= 0.3 is 0 Å². The molecule has 0 atom stereocenters. The van der Waals surface area contributed by atoms with Crippen LogP contribution in [0.1, 0.15) is 58.4 Å². The maximum absolute atomic E-state index is 2.56. The molecular formula is C36H40Si. The van der Waals surface area contributed by atoms with Crippen LogP contribution in [0.15, 0.2) is 60.7 Å². The lowest BCUT2D eigenvalue weighted by Crippen LogP contribution is -2.58. The molecule has 37 heavy (non-hydrogen) atoms. The van der Waals surface area contributed by atoms with E-state index in [-0.39, 0.29) is 0 Å². The van der Waals surface area contributed by atoms with Crippen molar-refractivity contribution in [3.05, 3.63) is 105 Å². The van der Waals surface area contributed by atoms with E-state index >= 15 is 0 Å². The summed E-state index contributed by atoms with van der Waals surface area (Å²) < 4.78 is 0. The van der Waals surface area contributed by atoms with Gasteiger partial charge in [0.25, 0.3) is 0 Å². The predicted molar refractivity (Wildman–Crippen MR) is 167 cm³/mol. The van der Waals surface area contributed by atoms with Gasteiger partial charge in [-0.25, -0.2) is 0 Å². The number of benzene rings is 4. The highest BCUT2D eigenvalue weighted by Crippen LogP contribution is 2.34. The van der Waals surface area contributed by atoms with Gasteiger partial charge < -0.3 is 0 Å². The Kier molecular flexibility index (Phi) is 6.62. The van der Waals surface area contributed by atoms with Gasteiger partial charge in [0.05, 0.1) is 0 Å². The largest absolute Gasteiger partial charge is 0.119 e. The van der Waals surface area contributed by atoms with Crippen LogP contribution in [0.25, 0.3) is 34.4 Å². The molecule has 0 bridgehead atoms. The Morgan fingerprint density at radius 2 is 0.838 bits per heavy atom. The standard InChI is InChI=1S/C36H40Si/c1-9-37(10-2)33-21-31(35-25(5)17-23(3)18-26(35)6)15-13-29(33)11-12-30-14-16-32(22-34(30)37)36-27(7)19-24(4)20-28(36)8/h11-22H,9-10H2,1-8H3. The molecule has 4 aromatic rings. The van der Waals surface area contributed by atoms with Crippen LogP contribution in [0.4, 0.5) is 0 Å². The minimum atomic E-state index is -2.00. The molecule has 5 rings (SSSR count). The zero-order chi connectivity index (χ0) is 26.5. The Labute approximate surface area is 225 Å². The van der Waals surface area contributed by atoms with E-state index in [0.717, 1.165) is 0 Å². The van der Waals surface area contributed by atoms with Gasteiger partial charge in [0, 0.05) is 0 Å². The minimum Gasteiger partial charge on any atom is -0.0672 e. The van der Waals surface area contributed by atoms with E-state index in [4.69, 9.17) is 0 Å².